The number of alkyl halides is 2. The maximum atomic E-state index is 14.6. The molecule has 0 spiro atoms. The fourth-order valence-corrected chi connectivity index (χ4v) is 4.01. The molecule has 0 radical (unpaired) electrons. The van der Waals surface area contributed by atoms with Crippen LogP contribution in [-0.2, 0) is 24.6 Å². The number of hydrogen-bond acceptors (Lipinski definition) is 1. The number of hydrogen-bond donors (Lipinski definition) is 0. The van der Waals surface area contributed by atoms with Crippen LogP contribution in [0, 0.1) is 32.4 Å². The van der Waals surface area contributed by atoms with Crippen LogP contribution in [0.1, 0.15) is 24.3 Å². The average molecular weight is 610 g/mol. The van der Waals surface area contributed by atoms with E-state index in [-0.39, 0.29) is 63.6 Å². The molecule has 1 saturated heterocycles. The number of nitrogens with zero attached hydrogens (tertiary/aromatic N) is 2. The zero-order valence-corrected chi connectivity index (χ0v) is 19.7. The molecule has 4 rings (SSSR count). The third kappa shape index (κ3) is 4.74. The van der Waals surface area contributed by atoms with Gasteiger partial charge in [0.2, 0.25) is 5.91 Å². The molecule has 2 aromatic rings. The van der Waals surface area contributed by atoms with Crippen molar-refractivity contribution in [1.29, 1.82) is 0 Å². The van der Waals surface area contributed by atoms with E-state index in [0.29, 0.717) is 19.4 Å². The van der Waals surface area contributed by atoms with Crippen molar-refractivity contribution in [3.63, 3.8) is 0 Å². The number of halogens is 4. The van der Waals surface area contributed by atoms with Crippen LogP contribution in [0.15, 0.2) is 42.5 Å². The maximum Gasteiger partial charge on any atom is 0.268 e. The molecule has 8 heteroatoms. The molecule has 2 fully saturated rings. The molecule has 2 aliphatic rings. The summed E-state index contributed by atoms with van der Waals surface area (Å²) in [6.07, 6.45) is 0.960. The zero-order valence-electron chi connectivity index (χ0n) is 17.2. The van der Waals surface area contributed by atoms with Crippen molar-refractivity contribution in [2.75, 3.05) is 13.1 Å². The van der Waals surface area contributed by atoms with Crippen molar-refractivity contribution in [2.45, 2.75) is 24.7 Å². The normalized spacial score (nSPS) is 21.3. The van der Waals surface area contributed by atoms with Gasteiger partial charge in [0.05, 0.1) is 11.5 Å². The summed E-state index contributed by atoms with van der Waals surface area (Å²) in [4.78, 5) is 13.9. The molecule has 2 atom stereocenters. The van der Waals surface area contributed by atoms with Crippen LogP contribution in [0.2, 0.25) is 0 Å². The summed E-state index contributed by atoms with van der Waals surface area (Å²) < 4.78 is 57.8. The minimum absolute atomic E-state index is 0. The molecule has 0 aromatic heterocycles. The summed E-state index contributed by atoms with van der Waals surface area (Å²) in [5.41, 5.74) is -0.226. The first-order valence-corrected chi connectivity index (χ1v) is 9.06. The van der Waals surface area contributed by atoms with E-state index in [0.717, 1.165) is 12.1 Å². The van der Waals surface area contributed by atoms with Crippen molar-refractivity contribution in [3.05, 3.63) is 79.9 Å². The Hall–Kier alpha value is -2.06. The van der Waals surface area contributed by atoms with E-state index in [1.54, 1.807) is 0 Å². The molecule has 0 bridgehead atoms. The summed E-state index contributed by atoms with van der Waals surface area (Å²) in [5.74, 6) is -8.83. The summed E-state index contributed by atoms with van der Waals surface area (Å²) in [7, 11) is 0. The van der Waals surface area contributed by atoms with Gasteiger partial charge in [-0.05, 0) is 29.7 Å². The molecule has 170 valence electrons. The Morgan fingerprint density at radius 1 is 1.03 bits per heavy atom. The van der Waals surface area contributed by atoms with Crippen molar-refractivity contribution >= 4 is 11.6 Å². The third-order valence-electron chi connectivity index (χ3n) is 5.43. The van der Waals surface area contributed by atoms with Crippen LogP contribution in [0.25, 0.3) is 16.5 Å². The Kier molecular flexibility index (Phi) is 8.73. The monoisotopic (exact) mass is 611 g/mol. The molecule has 1 amide bonds. The quantitative estimate of drug-likeness (QED) is 0.334. The maximum absolute atomic E-state index is 14.6. The summed E-state index contributed by atoms with van der Waals surface area (Å²) in [5, 5.41) is 9.65. The first-order chi connectivity index (χ1) is 13.3. The van der Waals surface area contributed by atoms with Crippen molar-refractivity contribution in [3.8, 4) is 11.1 Å². The van der Waals surface area contributed by atoms with Gasteiger partial charge in [-0.15, -0.1) is 0 Å². The topological polar surface area (TPSA) is 42.6 Å². The van der Waals surface area contributed by atoms with Gasteiger partial charge in [-0.3, -0.25) is 4.79 Å². The molecule has 1 aliphatic heterocycles. The standard InChI is InChI=1S/C21H17F4N2O.2CH3.Os/c22-15-8-3-9-16(23)17(15)13-6-1-2-7-14(13)18-19(21(18,24)25)20(28)27-10-4-5-12(26)11-27;;;/h1-3,6-9,18-19H,4-5,10-11H2;2*1H3;/q3*-1;. The summed E-state index contributed by atoms with van der Waals surface area (Å²) in [6.45, 7) is 0.244. The first kappa shape index (κ1) is 27.0. The third-order valence-corrected chi connectivity index (χ3v) is 5.43. The Labute approximate surface area is 193 Å². The number of carbonyl (C=O) groups is 1. The Morgan fingerprint density at radius 3 is 2.26 bits per heavy atom. The first-order valence-electron chi connectivity index (χ1n) is 9.06. The van der Waals surface area contributed by atoms with Gasteiger partial charge >= 0.3 is 0 Å². The average Bonchev–Trinajstić information content (AvgIpc) is 3.23. The smallest absolute Gasteiger partial charge is 0.268 e. The van der Waals surface area contributed by atoms with Crippen molar-refractivity contribution < 1.29 is 42.1 Å². The van der Waals surface area contributed by atoms with Gasteiger partial charge in [-0.1, -0.05) is 36.8 Å². The van der Waals surface area contributed by atoms with E-state index < -0.39 is 35.3 Å². The molecular formula is C23H23F4N2OOs-3. The molecule has 1 aliphatic carbocycles. The van der Waals surface area contributed by atoms with Gasteiger partial charge in [0.15, 0.2) is 0 Å². The van der Waals surface area contributed by atoms with Crippen LogP contribution in [0.5, 0.6) is 0 Å². The van der Waals surface area contributed by atoms with Crippen LogP contribution < -0.4 is 0 Å². The molecular weight excluding hydrogens is 586 g/mol. The van der Waals surface area contributed by atoms with Crippen molar-refractivity contribution in [1.82, 2.24) is 4.90 Å². The Balaban J connectivity index is 0.00000160. The van der Waals surface area contributed by atoms with E-state index in [4.69, 9.17) is 0 Å². The molecule has 0 N–H and O–H groups in total. The molecule has 1 saturated carbocycles. The number of carbonyl (C=O) groups excluding carboxylic acids is 1. The van der Waals surface area contributed by atoms with Gasteiger partial charge in [-0.2, -0.15) is 5.71 Å². The zero-order chi connectivity index (χ0) is 20.1. The van der Waals surface area contributed by atoms with Gasteiger partial charge in [0, 0.05) is 32.9 Å². The van der Waals surface area contributed by atoms with E-state index in [9.17, 15) is 27.8 Å². The van der Waals surface area contributed by atoms with Crippen LogP contribution >= 0.6 is 0 Å². The molecule has 3 nitrogen and oxygen atoms in total. The number of likely N-dealkylation sites (tertiary alicyclic amines) is 1. The minimum atomic E-state index is -3.32. The van der Waals surface area contributed by atoms with E-state index in [1.165, 1.54) is 35.2 Å². The van der Waals surface area contributed by atoms with Gasteiger partial charge < -0.3 is 25.2 Å². The van der Waals surface area contributed by atoms with E-state index >= 15 is 0 Å². The second-order valence-electron chi connectivity index (χ2n) is 7.24. The van der Waals surface area contributed by atoms with Crippen molar-refractivity contribution in [2.24, 2.45) is 5.92 Å². The Bertz CT molecular complexity index is 946. The molecule has 1 heterocycles. The van der Waals surface area contributed by atoms with E-state index in [2.05, 4.69) is 0 Å². The molecule has 2 unspecified atom stereocenters. The second kappa shape index (κ2) is 10.0. The van der Waals surface area contributed by atoms with Crippen LogP contribution in [-0.4, -0.2) is 35.5 Å². The molecule has 31 heavy (non-hydrogen) atoms. The van der Waals surface area contributed by atoms with Crippen LogP contribution in [0.3, 0.4) is 0 Å². The minimum Gasteiger partial charge on any atom is -0.810 e. The Morgan fingerprint density at radius 2 is 1.65 bits per heavy atom. The number of piperidine rings is 1. The second-order valence-corrected chi connectivity index (χ2v) is 7.24. The van der Waals surface area contributed by atoms with Gasteiger partial charge in [-0.25, -0.2) is 17.6 Å². The largest absolute Gasteiger partial charge is 0.810 e. The SMILES string of the molecule is [CH3-].[CH3-].[N-]=C1CCCN(C(=O)C2C(c3ccccc3-c3c(F)cccc3F)C2(F)F)C1.[Os]. The molecule has 2 aromatic carbocycles. The summed E-state index contributed by atoms with van der Waals surface area (Å²) >= 11 is 0. The number of amides is 1. The predicted molar refractivity (Wildman–Crippen MR) is 110 cm³/mol. The number of benzene rings is 2. The van der Waals surface area contributed by atoms with Gasteiger partial charge in [0.1, 0.15) is 17.6 Å². The fourth-order valence-electron chi connectivity index (χ4n) is 4.01. The number of rotatable bonds is 3. The predicted octanol–water partition coefficient (Wildman–Crippen LogP) is 5.51. The summed E-state index contributed by atoms with van der Waals surface area (Å²) in [6, 6.07) is 9.12. The van der Waals surface area contributed by atoms with Gasteiger partial charge in [0.25, 0.3) is 5.92 Å². The van der Waals surface area contributed by atoms with E-state index in [1.807, 2.05) is 0 Å². The van der Waals surface area contributed by atoms with Crippen LogP contribution in [0.4, 0.5) is 17.6 Å². The fraction of sp³-hybridized carbons (Fsp3) is 0.304.